The van der Waals surface area contributed by atoms with Crippen molar-refractivity contribution in [2.75, 3.05) is 0 Å². The molecule has 2 aliphatic carbocycles. The molecule has 0 saturated heterocycles. The van der Waals surface area contributed by atoms with Gasteiger partial charge < -0.3 is 5.11 Å². The predicted molar refractivity (Wildman–Crippen MR) is 36.6 cm³/mol. The van der Waals surface area contributed by atoms with Crippen molar-refractivity contribution in [3.8, 4) is 0 Å². The molecular formula is C8H12O2. The molecule has 0 amide bonds. The van der Waals surface area contributed by atoms with Crippen molar-refractivity contribution in [3.05, 3.63) is 0 Å². The molecule has 2 atom stereocenters. The molecular weight excluding hydrogens is 128 g/mol. The lowest BCUT2D eigenvalue weighted by Crippen LogP contribution is -2.17. The van der Waals surface area contributed by atoms with Crippen molar-refractivity contribution in [1.82, 2.24) is 0 Å². The summed E-state index contributed by atoms with van der Waals surface area (Å²) in [6, 6.07) is 0. The minimum Gasteiger partial charge on any atom is -0.481 e. The fourth-order valence-electron chi connectivity index (χ4n) is 1.97. The Balaban J connectivity index is 2.09. The van der Waals surface area contributed by atoms with Crippen molar-refractivity contribution >= 4 is 5.97 Å². The van der Waals surface area contributed by atoms with Gasteiger partial charge in [0, 0.05) is 0 Å². The zero-order chi connectivity index (χ0) is 7.35. The van der Waals surface area contributed by atoms with Crippen LogP contribution in [0.2, 0.25) is 0 Å². The predicted octanol–water partition coefficient (Wildman–Crippen LogP) is 1.51. The summed E-state index contributed by atoms with van der Waals surface area (Å²) < 4.78 is 0. The van der Waals surface area contributed by atoms with Gasteiger partial charge in [-0.3, -0.25) is 4.79 Å². The Labute approximate surface area is 60.2 Å². The van der Waals surface area contributed by atoms with E-state index < -0.39 is 5.97 Å². The maximum Gasteiger partial charge on any atom is 0.309 e. The van der Waals surface area contributed by atoms with E-state index in [1.54, 1.807) is 0 Å². The SMILES string of the molecule is CC1CC1C1(C(=O)O)CC1. The van der Waals surface area contributed by atoms with E-state index in [-0.39, 0.29) is 5.41 Å². The van der Waals surface area contributed by atoms with E-state index in [1.807, 2.05) is 0 Å². The van der Waals surface area contributed by atoms with Crippen molar-refractivity contribution in [2.45, 2.75) is 26.2 Å². The van der Waals surface area contributed by atoms with Gasteiger partial charge in [-0.2, -0.15) is 0 Å². The third kappa shape index (κ3) is 0.619. The van der Waals surface area contributed by atoms with E-state index in [0.717, 1.165) is 19.3 Å². The van der Waals surface area contributed by atoms with Gasteiger partial charge in [-0.05, 0) is 31.1 Å². The summed E-state index contributed by atoms with van der Waals surface area (Å²) in [4.78, 5) is 10.7. The molecule has 1 N–H and O–H groups in total. The van der Waals surface area contributed by atoms with E-state index in [2.05, 4.69) is 6.92 Å². The van der Waals surface area contributed by atoms with Crippen LogP contribution in [0.25, 0.3) is 0 Å². The molecule has 0 radical (unpaired) electrons. The Kier molecular flexibility index (Phi) is 0.960. The van der Waals surface area contributed by atoms with Gasteiger partial charge in [-0.25, -0.2) is 0 Å². The van der Waals surface area contributed by atoms with Crippen LogP contribution >= 0.6 is 0 Å². The van der Waals surface area contributed by atoms with Crippen LogP contribution in [0.5, 0.6) is 0 Å². The number of hydrogen-bond donors (Lipinski definition) is 1. The Morgan fingerprint density at radius 3 is 2.20 bits per heavy atom. The van der Waals surface area contributed by atoms with Crippen molar-refractivity contribution in [3.63, 3.8) is 0 Å². The van der Waals surface area contributed by atoms with Crippen LogP contribution in [-0.4, -0.2) is 11.1 Å². The molecule has 2 unspecified atom stereocenters. The smallest absolute Gasteiger partial charge is 0.309 e. The third-order valence-electron chi connectivity index (χ3n) is 3.03. The van der Waals surface area contributed by atoms with Gasteiger partial charge in [-0.15, -0.1) is 0 Å². The molecule has 0 bridgehead atoms. The number of hydrogen-bond acceptors (Lipinski definition) is 1. The fraction of sp³-hybridized carbons (Fsp3) is 0.875. The van der Waals surface area contributed by atoms with E-state index >= 15 is 0 Å². The standard InChI is InChI=1S/C8H12O2/c1-5-4-6(5)8(2-3-8)7(9)10/h5-6H,2-4H2,1H3,(H,9,10). The van der Waals surface area contributed by atoms with Crippen molar-refractivity contribution in [1.29, 1.82) is 0 Å². The van der Waals surface area contributed by atoms with E-state index in [4.69, 9.17) is 5.11 Å². The third-order valence-corrected chi connectivity index (χ3v) is 3.03. The summed E-state index contributed by atoms with van der Waals surface area (Å²) in [5, 5.41) is 8.83. The number of carboxylic acid groups (broad SMARTS) is 1. The van der Waals surface area contributed by atoms with Gasteiger partial charge in [0.25, 0.3) is 0 Å². The zero-order valence-electron chi connectivity index (χ0n) is 6.13. The molecule has 0 spiro atoms. The van der Waals surface area contributed by atoms with Crippen LogP contribution in [0.3, 0.4) is 0 Å². The van der Waals surface area contributed by atoms with Crippen LogP contribution in [-0.2, 0) is 4.79 Å². The molecule has 0 heterocycles. The largest absolute Gasteiger partial charge is 0.481 e. The summed E-state index contributed by atoms with van der Waals surface area (Å²) in [7, 11) is 0. The lowest BCUT2D eigenvalue weighted by Gasteiger charge is -2.05. The van der Waals surface area contributed by atoms with Crippen LogP contribution in [0.15, 0.2) is 0 Å². The van der Waals surface area contributed by atoms with Crippen LogP contribution in [0, 0.1) is 17.3 Å². The number of rotatable bonds is 2. The minimum absolute atomic E-state index is 0.251. The summed E-state index contributed by atoms with van der Waals surface area (Å²) >= 11 is 0. The first-order chi connectivity index (χ1) is 4.67. The van der Waals surface area contributed by atoms with Gasteiger partial charge in [-0.1, -0.05) is 6.92 Å². The molecule has 56 valence electrons. The van der Waals surface area contributed by atoms with Gasteiger partial charge in [0.2, 0.25) is 0 Å². The normalized spacial score (nSPS) is 40.9. The summed E-state index contributed by atoms with van der Waals surface area (Å²) in [6.07, 6.45) is 3.00. The number of carbonyl (C=O) groups is 1. The summed E-state index contributed by atoms with van der Waals surface area (Å²) in [5.74, 6) is 0.644. The Bertz CT molecular complexity index is 182. The molecule has 2 nitrogen and oxygen atoms in total. The highest BCUT2D eigenvalue weighted by Crippen LogP contribution is 2.64. The molecule has 2 fully saturated rings. The second kappa shape index (κ2) is 1.55. The first kappa shape index (κ1) is 6.20. The first-order valence-corrected chi connectivity index (χ1v) is 3.90. The molecule has 10 heavy (non-hydrogen) atoms. The minimum atomic E-state index is -0.554. The van der Waals surface area contributed by atoms with Crippen LogP contribution in [0.4, 0.5) is 0 Å². The van der Waals surface area contributed by atoms with Crippen molar-refractivity contribution in [2.24, 2.45) is 17.3 Å². The maximum atomic E-state index is 10.7. The average molecular weight is 140 g/mol. The summed E-state index contributed by atoms with van der Waals surface area (Å²) in [6.45, 7) is 2.15. The molecule has 2 saturated carbocycles. The van der Waals surface area contributed by atoms with Crippen molar-refractivity contribution < 1.29 is 9.90 Å². The second-order valence-electron chi connectivity index (χ2n) is 3.78. The molecule has 2 rings (SSSR count). The lowest BCUT2D eigenvalue weighted by molar-refractivity contribution is -0.144. The zero-order valence-corrected chi connectivity index (χ0v) is 6.13. The monoisotopic (exact) mass is 140 g/mol. The lowest BCUT2D eigenvalue weighted by atomic mass is 10.00. The fourth-order valence-corrected chi connectivity index (χ4v) is 1.97. The Morgan fingerprint density at radius 1 is 1.60 bits per heavy atom. The van der Waals surface area contributed by atoms with Gasteiger partial charge in [0.1, 0.15) is 0 Å². The topological polar surface area (TPSA) is 37.3 Å². The Hall–Kier alpha value is -0.530. The highest BCUT2D eigenvalue weighted by Gasteiger charge is 2.62. The van der Waals surface area contributed by atoms with Crippen LogP contribution in [0.1, 0.15) is 26.2 Å². The van der Waals surface area contributed by atoms with Gasteiger partial charge in [0.05, 0.1) is 5.41 Å². The van der Waals surface area contributed by atoms with Gasteiger partial charge >= 0.3 is 5.97 Å². The number of aliphatic carboxylic acids is 1. The maximum absolute atomic E-state index is 10.7. The second-order valence-corrected chi connectivity index (χ2v) is 3.78. The van der Waals surface area contributed by atoms with E-state index in [0.29, 0.717) is 11.8 Å². The molecule has 2 aliphatic rings. The highest BCUT2D eigenvalue weighted by molar-refractivity contribution is 5.78. The summed E-state index contributed by atoms with van der Waals surface area (Å²) in [5.41, 5.74) is -0.251. The molecule has 0 aliphatic heterocycles. The van der Waals surface area contributed by atoms with Gasteiger partial charge in [0.15, 0.2) is 0 Å². The quantitative estimate of drug-likeness (QED) is 0.631. The Morgan fingerprint density at radius 2 is 2.10 bits per heavy atom. The molecule has 0 aromatic rings. The molecule has 0 aromatic carbocycles. The number of carboxylic acids is 1. The first-order valence-electron chi connectivity index (χ1n) is 3.90. The molecule has 2 heteroatoms. The van der Waals surface area contributed by atoms with Crippen LogP contribution < -0.4 is 0 Å². The van der Waals surface area contributed by atoms with E-state index in [9.17, 15) is 4.79 Å². The molecule has 0 aromatic heterocycles. The van der Waals surface area contributed by atoms with E-state index in [1.165, 1.54) is 0 Å². The average Bonchev–Trinajstić information content (AvgIpc) is 2.58. The highest BCUT2D eigenvalue weighted by atomic mass is 16.4.